The molecule has 0 aliphatic carbocycles. The van der Waals surface area contributed by atoms with E-state index in [1.54, 1.807) is 42.6 Å². The summed E-state index contributed by atoms with van der Waals surface area (Å²) in [5, 5.41) is 3.15. The van der Waals surface area contributed by atoms with Crippen LogP contribution in [-0.4, -0.2) is 10.9 Å². The van der Waals surface area contributed by atoms with Crippen molar-refractivity contribution >= 4 is 22.5 Å². The van der Waals surface area contributed by atoms with Crippen molar-refractivity contribution < 1.29 is 9.18 Å². The predicted molar refractivity (Wildman–Crippen MR) is 76.1 cm³/mol. The van der Waals surface area contributed by atoms with Crippen molar-refractivity contribution in [1.82, 2.24) is 4.98 Å². The Hall–Kier alpha value is -2.75. The lowest BCUT2D eigenvalue weighted by Crippen LogP contribution is -2.12. The number of benzene rings is 2. The van der Waals surface area contributed by atoms with E-state index in [1.165, 1.54) is 12.1 Å². The van der Waals surface area contributed by atoms with Gasteiger partial charge in [0, 0.05) is 17.1 Å². The average Bonchev–Trinajstić information content (AvgIpc) is 2.51. The van der Waals surface area contributed by atoms with Gasteiger partial charge >= 0.3 is 0 Å². The van der Waals surface area contributed by atoms with Gasteiger partial charge in [-0.15, -0.1) is 0 Å². The minimum absolute atomic E-state index is 0.246. The van der Waals surface area contributed by atoms with E-state index in [1.807, 2.05) is 6.07 Å². The van der Waals surface area contributed by atoms with E-state index in [4.69, 9.17) is 0 Å². The minimum atomic E-state index is -0.356. The number of nitrogens with zero attached hydrogens (tertiary/aromatic N) is 1. The number of pyridine rings is 1. The molecular weight excluding hydrogens is 255 g/mol. The number of aromatic nitrogens is 1. The lowest BCUT2D eigenvalue weighted by Gasteiger charge is -2.08. The fourth-order valence-electron chi connectivity index (χ4n) is 2.02. The number of halogens is 1. The molecule has 1 N–H and O–H groups in total. The van der Waals surface area contributed by atoms with Crippen LogP contribution < -0.4 is 5.32 Å². The minimum Gasteiger partial charge on any atom is -0.320 e. The monoisotopic (exact) mass is 266 g/mol. The van der Waals surface area contributed by atoms with E-state index < -0.39 is 0 Å². The first-order chi connectivity index (χ1) is 9.75. The molecule has 0 aliphatic rings. The van der Waals surface area contributed by atoms with Crippen LogP contribution in [0, 0.1) is 5.82 Å². The van der Waals surface area contributed by atoms with Gasteiger partial charge in [0.2, 0.25) is 0 Å². The molecule has 3 rings (SSSR count). The van der Waals surface area contributed by atoms with E-state index in [0.717, 1.165) is 0 Å². The van der Waals surface area contributed by atoms with E-state index in [9.17, 15) is 9.18 Å². The summed E-state index contributed by atoms with van der Waals surface area (Å²) in [4.78, 5) is 16.2. The van der Waals surface area contributed by atoms with Crippen LogP contribution in [0.15, 0.2) is 60.8 Å². The molecule has 3 nitrogen and oxygen atoms in total. The number of amides is 1. The number of hydrogen-bond acceptors (Lipinski definition) is 2. The number of carbonyl (C=O) groups is 1. The van der Waals surface area contributed by atoms with Crippen LogP contribution in [0.25, 0.3) is 10.9 Å². The zero-order valence-corrected chi connectivity index (χ0v) is 10.5. The normalized spacial score (nSPS) is 10.4. The second-order valence-corrected chi connectivity index (χ2v) is 4.31. The molecule has 0 saturated carbocycles. The summed E-state index contributed by atoms with van der Waals surface area (Å²) in [6.07, 6.45) is 1.57. The zero-order chi connectivity index (χ0) is 13.9. The number of rotatable bonds is 2. The summed E-state index contributed by atoms with van der Waals surface area (Å²) in [7, 11) is 0. The van der Waals surface area contributed by atoms with Crippen molar-refractivity contribution in [2.45, 2.75) is 0 Å². The number of anilines is 1. The van der Waals surface area contributed by atoms with Crippen LogP contribution in [0.4, 0.5) is 10.1 Å². The lowest BCUT2D eigenvalue weighted by atomic mass is 10.1. The van der Waals surface area contributed by atoms with Gasteiger partial charge in [0.25, 0.3) is 5.91 Å². The van der Waals surface area contributed by atoms with Crippen molar-refractivity contribution in [3.8, 4) is 0 Å². The van der Waals surface area contributed by atoms with E-state index in [2.05, 4.69) is 10.3 Å². The summed E-state index contributed by atoms with van der Waals surface area (Å²) >= 11 is 0. The topological polar surface area (TPSA) is 42.0 Å². The molecule has 0 saturated heterocycles. The molecule has 0 unspecified atom stereocenters. The Kier molecular flexibility index (Phi) is 3.13. The van der Waals surface area contributed by atoms with Gasteiger partial charge in [-0.25, -0.2) is 4.39 Å². The quantitative estimate of drug-likeness (QED) is 0.769. The van der Waals surface area contributed by atoms with Crippen molar-refractivity contribution in [3.63, 3.8) is 0 Å². The fraction of sp³-hybridized carbons (Fsp3) is 0. The maximum atomic E-state index is 13.7. The molecule has 0 spiro atoms. The van der Waals surface area contributed by atoms with Gasteiger partial charge in [-0.05, 0) is 36.4 Å². The second kappa shape index (κ2) is 5.09. The lowest BCUT2D eigenvalue weighted by molar-refractivity contribution is 0.102. The highest BCUT2D eigenvalue weighted by atomic mass is 19.1. The molecule has 1 heterocycles. The van der Waals surface area contributed by atoms with Crippen LogP contribution >= 0.6 is 0 Å². The Bertz CT molecular complexity index is 772. The standard InChI is InChI=1S/C16H11FN2O/c17-13-8-9-14(15-12(13)7-4-10-18-15)19-16(20)11-5-2-1-3-6-11/h1-10H,(H,19,20). The molecule has 4 heteroatoms. The smallest absolute Gasteiger partial charge is 0.255 e. The Balaban J connectivity index is 2.00. The Morgan fingerprint density at radius 1 is 1.00 bits per heavy atom. The molecule has 1 aromatic heterocycles. The maximum Gasteiger partial charge on any atom is 0.255 e. The van der Waals surface area contributed by atoms with E-state index in [0.29, 0.717) is 22.2 Å². The Labute approximate surface area is 115 Å². The molecule has 2 aromatic carbocycles. The van der Waals surface area contributed by atoms with Gasteiger partial charge in [-0.1, -0.05) is 18.2 Å². The van der Waals surface area contributed by atoms with Gasteiger partial charge in [-0.3, -0.25) is 9.78 Å². The SMILES string of the molecule is O=C(Nc1ccc(F)c2cccnc12)c1ccccc1. The van der Waals surface area contributed by atoms with Crippen LogP contribution in [0.5, 0.6) is 0 Å². The molecule has 98 valence electrons. The first-order valence-electron chi connectivity index (χ1n) is 6.15. The van der Waals surface area contributed by atoms with E-state index in [-0.39, 0.29) is 11.7 Å². The first-order valence-corrected chi connectivity index (χ1v) is 6.15. The third kappa shape index (κ3) is 2.23. The third-order valence-corrected chi connectivity index (χ3v) is 3.00. The van der Waals surface area contributed by atoms with Gasteiger partial charge in [-0.2, -0.15) is 0 Å². The van der Waals surface area contributed by atoms with Gasteiger partial charge < -0.3 is 5.32 Å². The molecule has 0 atom stereocenters. The maximum absolute atomic E-state index is 13.7. The predicted octanol–water partition coefficient (Wildman–Crippen LogP) is 3.63. The van der Waals surface area contributed by atoms with Crippen LogP contribution in [-0.2, 0) is 0 Å². The van der Waals surface area contributed by atoms with Crippen molar-refractivity contribution in [1.29, 1.82) is 0 Å². The molecule has 0 fully saturated rings. The zero-order valence-electron chi connectivity index (χ0n) is 10.5. The Morgan fingerprint density at radius 3 is 2.60 bits per heavy atom. The van der Waals surface area contributed by atoms with Crippen LogP contribution in [0.2, 0.25) is 0 Å². The molecule has 0 bridgehead atoms. The highest BCUT2D eigenvalue weighted by Crippen LogP contribution is 2.24. The van der Waals surface area contributed by atoms with Crippen molar-refractivity contribution in [3.05, 3.63) is 72.2 Å². The molecule has 0 radical (unpaired) electrons. The largest absolute Gasteiger partial charge is 0.320 e. The summed E-state index contributed by atoms with van der Waals surface area (Å²) in [6, 6.07) is 15.0. The molecule has 3 aromatic rings. The summed E-state index contributed by atoms with van der Waals surface area (Å²) in [5.41, 5.74) is 1.48. The summed E-state index contributed by atoms with van der Waals surface area (Å²) in [5.74, 6) is -0.602. The molecule has 1 amide bonds. The molecule has 20 heavy (non-hydrogen) atoms. The summed E-state index contributed by atoms with van der Waals surface area (Å²) in [6.45, 7) is 0. The van der Waals surface area contributed by atoms with Gasteiger partial charge in [0.15, 0.2) is 0 Å². The van der Waals surface area contributed by atoms with Gasteiger partial charge in [0.1, 0.15) is 5.82 Å². The van der Waals surface area contributed by atoms with Crippen LogP contribution in [0.3, 0.4) is 0 Å². The molecule has 0 aliphatic heterocycles. The van der Waals surface area contributed by atoms with Crippen LogP contribution in [0.1, 0.15) is 10.4 Å². The van der Waals surface area contributed by atoms with Gasteiger partial charge in [0.05, 0.1) is 11.2 Å². The first kappa shape index (κ1) is 12.3. The van der Waals surface area contributed by atoms with Crippen molar-refractivity contribution in [2.24, 2.45) is 0 Å². The highest BCUT2D eigenvalue weighted by Gasteiger charge is 2.10. The Morgan fingerprint density at radius 2 is 1.80 bits per heavy atom. The second-order valence-electron chi connectivity index (χ2n) is 4.31. The number of nitrogens with one attached hydrogen (secondary N) is 1. The molecular formula is C16H11FN2O. The number of hydrogen-bond donors (Lipinski definition) is 1. The third-order valence-electron chi connectivity index (χ3n) is 3.00. The highest BCUT2D eigenvalue weighted by molar-refractivity contribution is 6.08. The van der Waals surface area contributed by atoms with Crippen molar-refractivity contribution in [2.75, 3.05) is 5.32 Å². The fourth-order valence-corrected chi connectivity index (χ4v) is 2.02. The number of carbonyl (C=O) groups excluding carboxylic acids is 1. The summed E-state index contributed by atoms with van der Waals surface area (Å²) < 4.78 is 13.7. The number of fused-ring (bicyclic) bond motifs is 1. The van der Waals surface area contributed by atoms with E-state index >= 15 is 0 Å². The average molecular weight is 266 g/mol.